The van der Waals surface area contributed by atoms with Gasteiger partial charge in [0.2, 0.25) is 5.91 Å². The Morgan fingerprint density at radius 2 is 1.75 bits per heavy atom. The van der Waals surface area contributed by atoms with Crippen LogP contribution in [0.5, 0.6) is 0 Å². The number of hydrogen-bond acceptors (Lipinski definition) is 7. The van der Waals surface area contributed by atoms with Gasteiger partial charge in [-0.15, -0.1) is 0 Å². The summed E-state index contributed by atoms with van der Waals surface area (Å²) >= 11 is 6.04. The Labute approximate surface area is 260 Å². The van der Waals surface area contributed by atoms with Gasteiger partial charge in [-0.25, -0.2) is 4.79 Å². The third kappa shape index (κ3) is 11.3. The number of nitrogens with two attached hydrogens (primary N) is 2. The van der Waals surface area contributed by atoms with Gasteiger partial charge in [0.25, 0.3) is 0 Å². The average Bonchev–Trinajstić information content (AvgIpc) is 2.98. The van der Waals surface area contributed by atoms with Crippen molar-refractivity contribution in [1.29, 1.82) is 5.41 Å². The predicted molar refractivity (Wildman–Crippen MR) is 166 cm³/mol. The summed E-state index contributed by atoms with van der Waals surface area (Å²) in [6.07, 6.45) is -6.05. The Bertz CT molecular complexity index is 1350. The van der Waals surface area contributed by atoms with E-state index in [1.165, 1.54) is 0 Å². The van der Waals surface area contributed by atoms with Crippen molar-refractivity contribution in [3.8, 4) is 0 Å². The third-order valence-corrected chi connectivity index (χ3v) is 6.64. The SMILES string of the molecule is CC.CO.Cc1ccc(C(=N)N(CCC(F)(F)F)C(=O)NC/C(N)=C2\CCC(O)(C(N)=O)CC2=Nc2cccc(Cl)c2)cc1. The van der Waals surface area contributed by atoms with E-state index in [4.69, 9.17) is 33.6 Å². The van der Waals surface area contributed by atoms with Crippen molar-refractivity contribution < 1.29 is 33.0 Å². The number of halogens is 4. The van der Waals surface area contributed by atoms with Crippen LogP contribution < -0.4 is 16.8 Å². The highest BCUT2D eigenvalue weighted by Crippen LogP contribution is 2.33. The largest absolute Gasteiger partial charge is 0.400 e. The molecule has 2 aromatic carbocycles. The van der Waals surface area contributed by atoms with Crippen LogP contribution in [0.2, 0.25) is 5.02 Å². The van der Waals surface area contributed by atoms with Gasteiger partial charge in [-0.05, 0) is 43.5 Å². The summed E-state index contributed by atoms with van der Waals surface area (Å²) in [5.41, 5.74) is 12.2. The second-order valence-corrected chi connectivity index (χ2v) is 9.94. The van der Waals surface area contributed by atoms with Gasteiger partial charge in [0.1, 0.15) is 11.4 Å². The fourth-order valence-corrected chi connectivity index (χ4v) is 4.29. The molecule has 10 nitrogen and oxygen atoms in total. The highest BCUT2D eigenvalue weighted by atomic mass is 35.5. The predicted octanol–water partition coefficient (Wildman–Crippen LogP) is 4.96. The van der Waals surface area contributed by atoms with Gasteiger partial charge in [0.15, 0.2) is 0 Å². The molecule has 1 aliphatic carbocycles. The van der Waals surface area contributed by atoms with Crippen molar-refractivity contribution in [2.45, 2.75) is 58.2 Å². The molecule has 3 rings (SSSR count). The number of benzene rings is 2. The van der Waals surface area contributed by atoms with Crippen molar-refractivity contribution in [1.82, 2.24) is 10.2 Å². The first kappa shape index (κ1) is 38.1. The molecule has 1 aliphatic rings. The number of nitrogens with zero attached hydrogens (tertiary/aromatic N) is 2. The molecule has 242 valence electrons. The number of amides is 3. The highest BCUT2D eigenvalue weighted by molar-refractivity contribution is 6.30. The van der Waals surface area contributed by atoms with Crippen LogP contribution in [0.1, 0.15) is 50.7 Å². The van der Waals surface area contributed by atoms with Crippen LogP contribution >= 0.6 is 11.6 Å². The molecule has 0 bridgehead atoms. The maximum Gasteiger partial charge on any atom is 0.390 e. The first-order valence-corrected chi connectivity index (χ1v) is 14.1. The zero-order valence-corrected chi connectivity index (χ0v) is 25.9. The molecule has 3 amide bonds. The average molecular weight is 641 g/mol. The van der Waals surface area contributed by atoms with E-state index in [1.54, 1.807) is 48.5 Å². The van der Waals surface area contributed by atoms with Gasteiger partial charge < -0.3 is 27.0 Å². The van der Waals surface area contributed by atoms with Gasteiger partial charge in [-0.2, -0.15) is 13.2 Å². The highest BCUT2D eigenvalue weighted by Gasteiger charge is 2.40. The van der Waals surface area contributed by atoms with E-state index in [2.05, 4.69) is 10.3 Å². The molecule has 0 spiro atoms. The molecule has 2 aromatic rings. The number of carbonyl (C=O) groups is 2. The van der Waals surface area contributed by atoms with E-state index in [0.29, 0.717) is 21.2 Å². The number of aliphatic imine (C=N–C) groups is 1. The van der Waals surface area contributed by atoms with Crippen LogP contribution in [0.4, 0.5) is 23.7 Å². The number of aliphatic hydroxyl groups is 2. The lowest BCUT2D eigenvalue weighted by atomic mass is 9.79. The fourth-order valence-electron chi connectivity index (χ4n) is 4.11. The van der Waals surface area contributed by atoms with E-state index >= 15 is 0 Å². The Morgan fingerprint density at radius 3 is 2.30 bits per heavy atom. The summed E-state index contributed by atoms with van der Waals surface area (Å²) in [6.45, 7) is 4.75. The zero-order chi connectivity index (χ0) is 33.7. The first-order chi connectivity index (χ1) is 20.7. The first-order valence-electron chi connectivity index (χ1n) is 13.7. The minimum Gasteiger partial charge on any atom is -0.400 e. The minimum atomic E-state index is -4.54. The van der Waals surface area contributed by atoms with E-state index in [1.807, 2.05) is 20.8 Å². The molecule has 0 saturated heterocycles. The Morgan fingerprint density at radius 1 is 1.14 bits per heavy atom. The Kier molecular flexibility index (Phi) is 15.0. The second kappa shape index (κ2) is 17.4. The number of primary amides is 1. The molecule has 0 aliphatic heterocycles. The molecule has 44 heavy (non-hydrogen) atoms. The maximum absolute atomic E-state index is 13.0. The number of aryl methyl sites for hydroxylation is 1. The van der Waals surface area contributed by atoms with Crippen LogP contribution in [-0.4, -0.2) is 70.6 Å². The van der Waals surface area contributed by atoms with E-state index in [-0.39, 0.29) is 42.8 Å². The number of urea groups is 1. The maximum atomic E-state index is 13.0. The molecule has 1 saturated carbocycles. The van der Waals surface area contributed by atoms with Crippen molar-refractivity contribution in [2.24, 2.45) is 16.5 Å². The molecule has 0 aromatic heterocycles. The Hall–Kier alpha value is -3.94. The van der Waals surface area contributed by atoms with Gasteiger partial charge in [0, 0.05) is 42.1 Å². The minimum absolute atomic E-state index is 0.0450. The van der Waals surface area contributed by atoms with Crippen LogP contribution in [0.15, 0.2) is 64.8 Å². The lowest BCUT2D eigenvalue weighted by molar-refractivity contribution is -0.136. The van der Waals surface area contributed by atoms with Gasteiger partial charge in [-0.3, -0.25) is 20.1 Å². The monoisotopic (exact) mass is 640 g/mol. The molecular weight excluding hydrogens is 601 g/mol. The molecule has 8 N–H and O–H groups in total. The van der Waals surface area contributed by atoms with E-state index in [9.17, 15) is 27.9 Å². The normalized spacial score (nSPS) is 18.2. The number of alkyl halides is 3. The number of rotatable bonds is 7. The van der Waals surface area contributed by atoms with Crippen molar-refractivity contribution >= 4 is 40.8 Å². The second-order valence-electron chi connectivity index (χ2n) is 9.50. The topological polar surface area (TPSA) is 178 Å². The van der Waals surface area contributed by atoms with Crippen molar-refractivity contribution in [3.63, 3.8) is 0 Å². The number of nitrogens with one attached hydrogen (secondary N) is 2. The number of allylic oxidation sites excluding steroid dienone is 1. The lowest BCUT2D eigenvalue weighted by Gasteiger charge is -2.32. The fraction of sp³-hybridized carbons (Fsp3) is 0.400. The van der Waals surface area contributed by atoms with E-state index < -0.39 is 42.5 Å². The molecule has 1 unspecified atom stereocenters. The number of aliphatic hydroxyl groups excluding tert-OH is 1. The quantitative estimate of drug-likeness (QED) is 0.185. The molecular formula is C30H40ClF3N6O4. The number of carbonyl (C=O) groups excluding carboxylic acids is 2. The van der Waals surface area contributed by atoms with Crippen LogP contribution in [0.25, 0.3) is 0 Å². The summed E-state index contributed by atoms with van der Waals surface area (Å²) in [5.74, 6) is -1.33. The van der Waals surface area contributed by atoms with Gasteiger partial charge in [0.05, 0.1) is 18.7 Å². The van der Waals surface area contributed by atoms with Gasteiger partial charge in [-0.1, -0.05) is 61.3 Å². The standard InChI is InChI=1S/C27H30ClF3N6O3.C2H6.CH4O/c1-16-5-7-17(8-6-16)23(33)37(12-11-27(29,30)31)25(39)35-15-21(32)20-9-10-26(40,24(34)38)14-22(20)36-19-4-2-3-18(28)13-19;2*1-2/h2-8,13,33,40H,9-12,14-15,32H2,1H3,(H2,34,38)(H,35,39);1-2H3;2H,1H3/b21-20-,33-23?,36-22?;;. The molecule has 1 atom stereocenters. The Balaban J connectivity index is 0.00000232. The summed E-state index contributed by atoms with van der Waals surface area (Å²) < 4.78 is 39.0. The molecule has 14 heteroatoms. The lowest BCUT2D eigenvalue weighted by Crippen LogP contribution is -2.49. The molecule has 1 fully saturated rings. The number of hydrogen-bond donors (Lipinski definition) is 6. The van der Waals surface area contributed by atoms with Crippen molar-refractivity contribution in [3.05, 3.63) is 76.0 Å². The van der Waals surface area contributed by atoms with E-state index in [0.717, 1.165) is 12.7 Å². The van der Waals surface area contributed by atoms with Crippen molar-refractivity contribution in [2.75, 3.05) is 20.2 Å². The zero-order valence-electron chi connectivity index (χ0n) is 25.1. The van der Waals surface area contributed by atoms with Crippen LogP contribution in [0, 0.1) is 12.3 Å². The number of amidine groups is 1. The third-order valence-electron chi connectivity index (χ3n) is 6.40. The summed E-state index contributed by atoms with van der Waals surface area (Å²) in [5, 5.41) is 29.0. The summed E-state index contributed by atoms with van der Waals surface area (Å²) in [7, 11) is 1.00. The van der Waals surface area contributed by atoms with Crippen LogP contribution in [-0.2, 0) is 4.79 Å². The molecule has 0 radical (unpaired) electrons. The van der Waals surface area contributed by atoms with Gasteiger partial charge >= 0.3 is 12.2 Å². The summed E-state index contributed by atoms with van der Waals surface area (Å²) in [6, 6.07) is 12.0. The molecule has 0 heterocycles. The summed E-state index contributed by atoms with van der Waals surface area (Å²) in [4.78, 5) is 30.1. The van der Waals surface area contributed by atoms with Crippen LogP contribution in [0.3, 0.4) is 0 Å². The smallest absolute Gasteiger partial charge is 0.390 e.